The number of H-pyrrole nitrogens is 2. The van der Waals surface area contributed by atoms with Crippen molar-refractivity contribution in [3.05, 3.63) is 60.0 Å². The van der Waals surface area contributed by atoms with Crippen LogP contribution < -0.4 is 4.74 Å². The maximum absolute atomic E-state index is 11.8. The minimum Gasteiger partial charge on any atom is -0.491 e. The molecule has 10 nitrogen and oxygen atoms in total. The molecule has 0 radical (unpaired) electrons. The third-order valence-electron chi connectivity index (χ3n) is 6.08. The lowest BCUT2D eigenvalue weighted by atomic mass is 10.1. The van der Waals surface area contributed by atoms with Crippen LogP contribution in [0.3, 0.4) is 0 Å². The second-order valence-electron chi connectivity index (χ2n) is 9.11. The smallest absolute Gasteiger partial charge is 0.169 e. The Morgan fingerprint density at radius 1 is 1.05 bits per heavy atom. The molecule has 0 aliphatic heterocycles. The average molecular weight is 525 g/mol. The molecule has 0 bridgehead atoms. The molecule has 0 saturated heterocycles. The standard InChI is InChI=1S/C27H24N8O2S/c1-15(36)21-4-5-22(38-21)25-24-20(6-7-29-25)31-27(32-24)23-19-11-17(13-30-26(19)34-33-23)16-10-18(14-28-12-16)37-9-8-35(2)3/h4-7,10-14H,8-9H2,1-3H3,(H,31,32)(H,30,33,34). The third kappa shape index (κ3) is 4.53. The number of nitrogens with zero attached hydrogens (tertiary/aromatic N) is 6. The van der Waals surface area contributed by atoms with Crippen LogP contribution in [0.2, 0.25) is 0 Å². The number of Topliss-reactive ketones (excluding diaryl/α,β-unsaturated/α-hetero) is 1. The summed E-state index contributed by atoms with van der Waals surface area (Å²) >= 11 is 1.41. The second kappa shape index (κ2) is 9.77. The Bertz CT molecular complexity index is 1780. The first kappa shape index (κ1) is 23.9. The third-order valence-corrected chi connectivity index (χ3v) is 7.27. The molecule has 0 aliphatic carbocycles. The molecule has 0 spiro atoms. The molecule has 0 saturated carbocycles. The van der Waals surface area contributed by atoms with Gasteiger partial charge >= 0.3 is 0 Å². The highest BCUT2D eigenvalue weighted by Crippen LogP contribution is 2.34. The molecule has 6 heterocycles. The number of rotatable bonds is 8. The number of aromatic amines is 2. The largest absolute Gasteiger partial charge is 0.491 e. The van der Waals surface area contributed by atoms with E-state index in [4.69, 9.17) is 9.72 Å². The van der Waals surface area contributed by atoms with Crippen LogP contribution in [0.4, 0.5) is 0 Å². The zero-order valence-electron chi connectivity index (χ0n) is 21.0. The van der Waals surface area contributed by atoms with E-state index in [0.29, 0.717) is 39.9 Å². The maximum atomic E-state index is 11.8. The highest BCUT2D eigenvalue weighted by molar-refractivity contribution is 7.17. The van der Waals surface area contributed by atoms with Crippen LogP contribution in [0.1, 0.15) is 16.6 Å². The molecule has 0 atom stereocenters. The molecule has 0 fully saturated rings. The van der Waals surface area contributed by atoms with Crippen molar-refractivity contribution in [2.75, 3.05) is 27.2 Å². The Morgan fingerprint density at radius 2 is 1.92 bits per heavy atom. The number of hydrogen-bond donors (Lipinski definition) is 2. The van der Waals surface area contributed by atoms with Crippen molar-refractivity contribution in [3.63, 3.8) is 0 Å². The Kier molecular flexibility index (Phi) is 6.14. The number of carbonyl (C=O) groups excluding carboxylic acids is 1. The van der Waals surface area contributed by atoms with Crippen LogP contribution in [-0.2, 0) is 0 Å². The fourth-order valence-electron chi connectivity index (χ4n) is 4.13. The van der Waals surface area contributed by atoms with E-state index >= 15 is 0 Å². The van der Waals surface area contributed by atoms with E-state index in [-0.39, 0.29) is 5.78 Å². The van der Waals surface area contributed by atoms with Gasteiger partial charge in [0.15, 0.2) is 17.3 Å². The molecular formula is C27H24N8O2S. The number of carbonyl (C=O) groups is 1. The number of likely N-dealkylation sites (N-methyl/N-ethyl adjacent to an activating group) is 1. The quantitative estimate of drug-likeness (QED) is 0.271. The Hall–Kier alpha value is -4.48. The van der Waals surface area contributed by atoms with Gasteiger partial charge < -0.3 is 14.6 Å². The van der Waals surface area contributed by atoms with Crippen LogP contribution in [-0.4, -0.2) is 73.0 Å². The summed E-state index contributed by atoms with van der Waals surface area (Å²) in [6.45, 7) is 2.95. The summed E-state index contributed by atoms with van der Waals surface area (Å²) in [6.07, 6.45) is 7.02. The minimum absolute atomic E-state index is 0.0308. The lowest BCUT2D eigenvalue weighted by Gasteiger charge is -2.11. The molecule has 6 aromatic rings. The van der Waals surface area contributed by atoms with E-state index < -0.39 is 0 Å². The molecule has 0 unspecified atom stereocenters. The lowest BCUT2D eigenvalue weighted by Crippen LogP contribution is -2.19. The zero-order chi connectivity index (χ0) is 26.2. The van der Waals surface area contributed by atoms with Gasteiger partial charge in [0.1, 0.15) is 29.3 Å². The van der Waals surface area contributed by atoms with Crippen molar-refractivity contribution >= 4 is 39.2 Å². The van der Waals surface area contributed by atoms with Crippen LogP contribution in [0.25, 0.3) is 55.3 Å². The average Bonchev–Trinajstić information content (AvgIpc) is 3.66. The number of imidazole rings is 1. The summed E-state index contributed by atoms with van der Waals surface area (Å²) < 4.78 is 5.86. The molecule has 0 aromatic carbocycles. The van der Waals surface area contributed by atoms with Gasteiger partial charge in [0.2, 0.25) is 0 Å². The van der Waals surface area contributed by atoms with E-state index in [1.807, 2.05) is 44.4 Å². The zero-order valence-corrected chi connectivity index (χ0v) is 21.8. The number of ketones is 1. The van der Waals surface area contributed by atoms with Crippen LogP contribution in [0, 0.1) is 0 Å². The van der Waals surface area contributed by atoms with Gasteiger partial charge in [-0.3, -0.25) is 19.9 Å². The molecule has 11 heteroatoms. The predicted molar refractivity (Wildman–Crippen MR) is 147 cm³/mol. The van der Waals surface area contributed by atoms with Gasteiger partial charge in [-0.2, -0.15) is 5.10 Å². The number of pyridine rings is 3. The first-order valence-electron chi connectivity index (χ1n) is 12.0. The Balaban J connectivity index is 1.37. The van der Waals surface area contributed by atoms with Crippen molar-refractivity contribution in [1.82, 2.24) is 40.0 Å². The van der Waals surface area contributed by atoms with Crippen molar-refractivity contribution in [3.8, 4) is 39.0 Å². The fourth-order valence-corrected chi connectivity index (χ4v) is 5.02. The number of aromatic nitrogens is 7. The van der Waals surface area contributed by atoms with Gasteiger partial charge in [0, 0.05) is 36.3 Å². The number of fused-ring (bicyclic) bond motifs is 2. The second-order valence-corrected chi connectivity index (χ2v) is 10.2. The maximum Gasteiger partial charge on any atom is 0.169 e. The van der Waals surface area contributed by atoms with E-state index in [1.54, 1.807) is 31.7 Å². The Labute approximate surface area is 221 Å². The van der Waals surface area contributed by atoms with Crippen molar-refractivity contribution in [1.29, 1.82) is 0 Å². The SMILES string of the molecule is CC(=O)c1ccc(-c2nccc3[nH]c(-c4n[nH]c5ncc(-c6cncc(OCCN(C)C)c6)cc45)nc23)s1. The number of hydrogen-bond acceptors (Lipinski definition) is 9. The van der Waals surface area contributed by atoms with Crippen molar-refractivity contribution in [2.24, 2.45) is 0 Å². The van der Waals surface area contributed by atoms with Crippen LogP contribution >= 0.6 is 11.3 Å². The van der Waals surface area contributed by atoms with Gasteiger partial charge in [0.25, 0.3) is 0 Å². The van der Waals surface area contributed by atoms with Crippen molar-refractivity contribution < 1.29 is 9.53 Å². The van der Waals surface area contributed by atoms with E-state index in [9.17, 15) is 4.79 Å². The normalized spacial score (nSPS) is 11.6. The molecular weight excluding hydrogens is 500 g/mol. The summed E-state index contributed by atoms with van der Waals surface area (Å²) in [5.74, 6) is 1.33. The van der Waals surface area contributed by atoms with Crippen LogP contribution in [0.5, 0.6) is 5.75 Å². The molecule has 6 aromatic heterocycles. The minimum atomic E-state index is 0.0308. The van der Waals surface area contributed by atoms with E-state index in [1.165, 1.54) is 11.3 Å². The molecule has 0 amide bonds. The van der Waals surface area contributed by atoms with Gasteiger partial charge in [0.05, 0.1) is 26.9 Å². The molecule has 38 heavy (non-hydrogen) atoms. The molecule has 0 aliphatic rings. The summed E-state index contributed by atoms with van der Waals surface area (Å²) in [7, 11) is 4.01. The topological polar surface area (TPSA) is 126 Å². The first-order chi connectivity index (χ1) is 18.5. The Morgan fingerprint density at radius 3 is 2.74 bits per heavy atom. The fraction of sp³-hybridized carbons (Fsp3) is 0.185. The summed E-state index contributed by atoms with van der Waals surface area (Å²) in [4.78, 5) is 37.1. The summed E-state index contributed by atoms with van der Waals surface area (Å²) in [5, 5.41) is 8.34. The van der Waals surface area contributed by atoms with Gasteiger partial charge in [-0.25, -0.2) is 9.97 Å². The predicted octanol–water partition coefficient (Wildman–Crippen LogP) is 4.83. The summed E-state index contributed by atoms with van der Waals surface area (Å²) in [5.41, 5.74) is 5.35. The lowest BCUT2D eigenvalue weighted by molar-refractivity contribution is 0.102. The monoisotopic (exact) mass is 524 g/mol. The van der Waals surface area contributed by atoms with Gasteiger partial charge in [-0.15, -0.1) is 11.3 Å². The van der Waals surface area contributed by atoms with Crippen LogP contribution in [0.15, 0.2) is 55.1 Å². The van der Waals surface area contributed by atoms with Gasteiger partial charge in [-0.1, -0.05) is 0 Å². The number of thiophene rings is 1. The van der Waals surface area contributed by atoms with Crippen molar-refractivity contribution in [2.45, 2.75) is 6.92 Å². The molecule has 6 rings (SSSR count). The van der Waals surface area contributed by atoms with E-state index in [2.05, 4.69) is 35.0 Å². The highest BCUT2D eigenvalue weighted by atomic mass is 32.1. The number of nitrogens with one attached hydrogen (secondary N) is 2. The van der Waals surface area contributed by atoms with E-state index in [0.717, 1.165) is 39.1 Å². The van der Waals surface area contributed by atoms with Gasteiger partial charge in [-0.05, 0) is 51.4 Å². The number of ether oxygens (including phenoxy) is 1. The molecule has 2 N–H and O–H groups in total. The summed E-state index contributed by atoms with van der Waals surface area (Å²) in [6, 6.07) is 9.58. The highest BCUT2D eigenvalue weighted by Gasteiger charge is 2.18. The first-order valence-corrected chi connectivity index (χ1v) is 12.8. The molecule has 190 valence electrons.